The van der Waals surface area contributed by atoms with E-state index in [9.17, 15) is 13.6 Å². The van der Waals surface area contributed by atoms with E-state index in [-0.39, 0.29) is 12.4 Å². The lowest BCUT2D eigenvalue weighted by atomic mass is 10.0. The van der Waals surface area contributed by atoms with Crippen LogP contribution in [0.5, 0.6) is 11.5 Å². The van der Waals surface area contributed by atoms with E-state index in [2.05, 4.69) is 4.85 Å². The summed E-state index contributed by atoms with van der Waals surface area (Å²) >= 11 is 0. The standard InChI is InChI=1S/C23H20F2N2O3/c1-5-18-21(26-3)20(22(27(18)4)23(28)29-6-2)14-7-10-16(11-8-14)30-19-12-9-15(24)13-17(19)25/h7-13H,5-6H2,1-2,4H3. The fourth-order valence-corrected chi connectivity index (χ4v) is 3.33. The molecule has 0 aliphatic rings. The number of ether oxygens (including phenoxy) is 2. The van der Waals surface area contributed by atoms with E-state index in [1.54, 1.807) is 42.8 Å². The molecule has 0 aliphatic carbocycles. The van der Waals surface area contributed by atoms with Gasteiger partial charge in [-0.15, -0.1) is 0 Å². The minimum atomic E-state index is -0.811. The first-order valence-electron chi connectivity index (χ1n) is 9.40. The Morgan fingerprint density at radius 3 is 2.40 bits per heavy atom. The molecule has 3 aromatic rings. The monoisotopic (exact) mass is 410 g/mol. The lowest BCUT2D eigenvalue weighted by molar-refractivity contribution is 0.0516. The van der Waals surface area contributed by atoms with Gasteiger partial charge in [-0.1, -0.05) is 19.1 Å². The topological polar surface area (TPSA) is 44.8 Å². The van der Waals surface area contributed by atoms with Gasteiger partial charge in [0.05, 0.1) is 13.2 Å². The van der Waals surface area contributed by atoms with Gasteiger partial charge in [-0.05, 0) is 43.2 Å². The summed E-state index contributed by atoms with van der Waals surface area (Å²) in [5.41, 5.74) is 2.55. The fraction of sp³-hybridized carbons (Fsp3) is 0.217. The number of benzene rings is 2. The third-order valence-corrected chi connectivity index (χ3v) is 4.67. The maximum absolute atomic E-state index is 13.8. The molecule has 0 aliphatic heterocycles. The highest BCUT2D eigenvalue weighted by molar-refractivity contribution is 6.01. The minimum Gasteiger partial charge on any atom is -0.461 e. The molecular weight excluding hydrogens is 390 g/mol. The summed E-state index contributed by atoms with van der Waals surface area (Å²) in [4.78, 5) is 16.2. The molecule has 3 rings (SSSR count). The second-order valence-corrected chi connectivity index (χ2v) is 6.46. The van der Waals surface area contributed by atoms with Gasteiger partial charge in [0.15, 0.2) is 11.6 Å². The fourth-order valence-electron chi connectivity index (χ4n) is 3.33. The van der Waals surface area contributed by atoms with E-state index in [1.807, 2.05) is 6.92 Å². The van der Waals surface area contributed by atoms with Gasteiger partial charge in [0.2, 0.25) is 5.69 Å². The number of carbonyl (C=O) groups is 1. The average molecular weight is 410 g/mol. The summed E-state index contributed by atoms with van der Waals surface area (Å²) in [7, 11) is 1.73. The van der Waals surface area contributed by atoms with Crippen LogP contribution in [-0.2, 0) is 18.2 Å². The third-order valence-electron chi connectivity index (χ3n) is 4.67. The van der Waals surface area contributed by atoms with Crippen LogP contribution < -0.4 is 4.74 Å². The van der Waals surface area contributed by atoms with Crippen molar-refractivity contribution in [3.05, 3.63) is 76.9 Å². The highest BCUT2D eigenvalue weighted by Gasteiger charge is 2.26. The number of halogens is 2. The summed E-state index contributed by atoms with van der Waals surface area (Å²) in [6, 6.07) is 9.62. The number of aromatic nitrogens is 1. The molecule has 30 heavy (non-hydrogen) atoms. The molecule has 0 saturated carbocycles. The summed E-state index contributed by atoms with van der Waals surface area (Å²) in [6.45, 7) is 11.5. The van der Waals surface area contributed by atoms with Crippen molar-refractivity contribution in [1.82, 2.24) is 4.57 Å². The quantitative estimate of drug-likeness (QED) is 0.367. The molecule has 0 unspecified atom stereocenters. The molecule has 7 heteroatoms. The van der Waals surface area contributed by atoms with E-state index < -0.39 is 17.6 Å². The molecule has 0 radical (unpaired) electrons. The van der Waals surface area contributed by atoms with Crippen molar-refractivity contribution in [3.8, 4) is 22.6 Å². The number of hydrogen-bond donors (Lipinski definition) is 0. The number of hydrogen-bond acceptors (Lipinski definition) is 3. The SMILES string of the molecule is [C-]#[N+]c1c(-c2ccc(Oc3ccc(F)cc3F)cc2)c(C(=O)OCC)n(C)c1CC. The highest BCUT2D eigenvalue weighted by Crippen LogP contribution is 2.40. The maximum Gasteiger partial charge on any atom is 0.354 e. The second kappa shape index (κ2) is 8.78. The molecule has 0 spiro atoms. The van der Waals surface area contributed by atoms with Gasteiger partial charge >= 0.3 is 5.97 Å². The van der Waals surface area contributed by atoms with Crippen molar-refractivity contribution in [1.29, 1.82) is 0 Å². The third kappa shape index (κ3) is 3.90. The van der Waals surface area contributed by atoms with Gasteiger partial charge in [0.1, 0.15) is 17.3 Å². The van der Waals surface area contributed by atoms with Gasteiger partial charge in [-0.3, -0.25) is 0 Å². The Kier molecular flexibility index (Phi) is 6.17. The average Bonchev–Trinajstić information content (AvgIpc) is 3.02. The van der Waals surface area contributed by atoms with Crippen LogP contribution >= 0.6 is 0 Å². The van der Waals surface area contributed by atoms with Crippen LogP contribution in [0.15, 0.2) is 42.5 Å². The molecule has 0 amide bonds. The zero-order chi connectivity index (χ0) is 21.8. The van der Waals surface area contributed by atoms with Crippen LogP contribution in [0, 0.1) is 18.2 Å². The van der Waals surface area contributed by atoms with Crippen molar-refractivity contribution < 1.29 is 23.0 Å². The zero-order valence-corrected chi connectivity index (χ0v) is 16.8. The predicted octanol–water partition coefficient (Wildman–Crippen LogP) is 6.05. The number of nitrogens with zero attached hydrogens (tertiary/aromatic N) is 2. The van der Waals surface area contributed by atoms with E-state index in [1.165, 1.54) is 6.07 Å². The molecular formula is C23H20F2N2O3. The van der Waals surface area contributed by atoms with E-state index >= 15 is 0 Å². The molecule has 0 atom stereocenters. The van der Waals surface area contributed by atoms with Gasteiger partial charge in [-0.2, -0.15) is 0 Å². The molecule has 0 bridgehead atoms. The number of esters is 1. The Morgan fingerprint density at radius 1 is 1.13 bits per heavy atom. The Morgan fingerprint density at radius 2 is 1.83 bits per heavy atom. The highest BCUT2D eigenvalue weighted by atomic mass is 19.1. The van der Waals surface area contributed by atoms with Crippen molar-refractivity contribution in [3.63, 3.8) is 0 Å². The Hall–Kier alpha value is -3.66. The van der Waals surface area contributed by atoms with Crippen LogP contribution in [0.3, 0.4) is 0 Å². The largest absolute Gasteiger partial charge is 0.461 e. The Bertz CT molecular complexity index is 1130. The van der Waals surface area contributed by atoms with Gasteiger partial charge in [-0.25, -0.2) is 18.4 Å². The lowest BCUT2D eigenvalue weighted by Gasteiger charge is -2.10. The van der Waals surface area contributed by atoms with Crippen LogP contribution in [0.1, 0.15) is 30.0 Å². The van der Waals surface area contributed by atoms with Crippen LogP contribution in [0.25, 0.3) is 16.0 Å². The maximum atomic E-state index is 13.8. The van der Waals surface area contributed by atoms with E-state index in [0.717, 1.165) is 17.8 Å². The summed E-state index contributed by atoms with van der Waals surface area (Å²) < 4.78 is 39.3. The molecule has 0 fully saturated rings. The van der Waals surface area contributed by atoms with Gasteiger partial charge in [0, 0.05) is 24.4 Å². The normalized spacial score (nSPS) is 10.5. The molecule has 1 heterocycles. The van der Waals surface area contributed by atoms with E-state index in [0.29, 0.717) is 34.7 Å². The first-order chi connectivity index (χ1) is 14.4. The Balaban J connectivity index is 2.03. The van der Waals surface area contributed by atoms with Gasteiger partial charge < -0.3 is 14.0 Å². The molecule has 154 valence electrons. The summed E-state index contributed by atoms with van der Waals surface area (Å²) in [5.74, 6) is -1.78. The van der Waals surface area contributed by atoms with Crippen molar-refractivity contribution in [2.24, 2.45) is 7.05 Å². The van der Waals surface area contributed by atoms with Crippen molar-refractivity contribution >= 4 is 11.7 Å². The minimum absolute atomic E-state index is 0.105. The first-order valence-corrected chi connectivity index (χ1v) is 9.40. The lowest BCUT2D eigenvalue weighted by Crippen LogP contribution is -2.12. The van der Waals surface area contributed by atoms with Gasteiger partial charge in [0.25, 0.3) is 0 Å². The number of carbonyl (C=O) groups excluding carboxylic acids is 1. The van der Waals surface area contributed by atoms with Crippen LogP contribution in [-0.4, -0.2) is 17.1 Å². The van der Waals surface area contributed by atoms with E-state index in [4.69, 9.17) is 16.0 Å². The molecule has 5 nitrogen and oxygen atoms in total. The molecule has 1 aromatic heterocycles. The summed E-state index contributed by atoms with van der Waals surface area (Å²) in [6.07, 6.45) is 0.575. The first kappa shape index (κ1) is 21.1. The van der Waals surface area contributed by atoms with Crippen molar-refractivity contribution in [2.75, 3.05) is 6.61 Å². The molecule has 0 N–H and O–H groups in total. The smallest absolute Gasteiger partial charge is 0.354 e. The molecule has 0 saturated heterocycles. The Labute approximate surface area is 173 Å². The van der Waals surface area contributed by atoms with Crippen LogP contribution in [0.4, 0.5) is 14.5 Å². The zero-order valence-electron chi connectivity index (χ0n) is 16.8. The van der Waals surface area contributed by atoms with Crippen LogP contribution in [0.2, 0.25) is 0 Å². The number of rotatable bonds is 6. The second-order valence-electron chi connectivity index (χ2n) is 6.46. The predicted molar refractivity (Wildman–Crippen MR) is 109 cm³/mol. The summed E-state index contributed by atoms with van der Waals surface area (Å²) in [5, 5.41) is 0. The molecule has 2 aromatic carbocycles. The van der Waals surface area contributed by atoms with Crippen molar-refractivity contribution in [2.45, 2.75) is 20.3 Å².